The third-order valence-corrected chi connectivity index (χ3v) is 4.84. The van der Waals surface area contributed by atoms with E-state index in [9.17, 15) is 13.2 Å². The van der Waals surface area contributed by atoms with Gasteiger partial charge in [-0.2, -0.15) is 0 Å². The second kappa shape index (κ2) is 7.32. The van der Waals surface area contributed by atoms with Crippen LogP contribution in [-0.4, -0.2) is 39.4 Å². The lowest BCUT2D eigenvalue weighted by molar-refractivity contribution is -0.114. The van der Waals surface area contributed by atoms with Gasteiger partial charge in [-0.15, -0.1) is 0 Å². The highest BCUT2D eigenvalue weighted by Gasteiger charge is 2.24. The van der Waals surface area contributed by atoms with Gasteiger partial charge in [-0.05, 0) is 25.5 Å². The van der Waals surface area contributed by atoms with Crippen LogP contribution in [0.15, 0.2) is 22.7 Å². The molecule has 1 aromatic heterocycles. The normalized spacial score (nSPS) is 11.2. The Morgan fingerprint density at radius 1 is 1.36 bits per heavy atom. The highest BCUT2D eigenvalue weighted by atomic mass is 35.5. The number of anilines is 2. The van der Waals surface area contributed by atoms with E-state index in [2.05, 4.69) is 10.5 Å². The number of benzene rings is 1. The molecule has 0 aliphatic rings. The first kappa shape index (κ1) is 19.1. The number of aryl methyl sites for hydroxylation is 2. The Hall–Kier alpha value is -2.26. The Kier molecular flexibility index (Phi) is 5.58. The zero-order valence-electron chi connectivity index (χ0n) is 14.2. The molecule has 0 saturated carbocycles. The first-order valence-corrected chi connectivity index (χ1v) is 9.39. The van der Waals surface area contributed by atoms with Crippen LogP contribution in [0.2, 0.25) is 5.02 Å². The molecule has 0 atom stereocenters. The second-order valence-corrected chi connectivity index (χ2v) is 7.73. The van der Waals surface area contributed by atoms with Crippen LogP contribution in [0, 0.1) is 13.8 Å². The molecule has 0 unspecified atom stereocenters. The SMILES string of the molecule is COc1cc(Cl)c(C)cc1NC(=O)CN(c1cc(C)on1)S(C)(=O)=O. The number of nitrogens with zero attached hydrogens (tertiary/aromatic N) is 2. The van der Waals surface area contributed by atoms with E-state index in [4.69, 9.17) is 20.9 Å². The molecule has 0 bridgehead atoms. The van der Waals surface area contributed by atoms with E-state index in [1.165, 1.54) is 13.2 Å². The molecule has 0 saturated heterocycles. The van der Waals surface area contributed by atoms with Crippen LogP contribution >= 0.6 is 11.6 Å². The van der Waals surface area contributed by atoms with Crippen molar-refractivity contribution in [2.45, 2.75) is 13.8 Å². The number of nitrogens with one attached hydrogen (secondary N) is 1. The van der Waals surface area contributed by atoms with Gasteiger partial charge < -0.3 is 14.6 Å². The Morgan fingerprint density at radius 2 is 2.04 bits per heavy atom. The molecule has 10 heteroatoms. The summed E-state index contributed by atoms with van der Waals surface area (Å²) in [4.78, 5) is 12.3. The number of methoxy groups -OCH3 is 1. The van der Waals surface area contributed by atoms with Gasteiger partial charge in [-0.3, -0.25) is 4.79 Å². The van der Waals surface area contributed by atoms with Crippen LogP contribution < -0.4 is 14.4 Å². The van der Waals surface area contributed by atoms with Crippen LogP contribution in [0.3, 0.4) is 0 Å². The predicted molar refractivity (Wildman–Crippen MR) is 94.8 cm³/mol. The summed E-state index contributed by atoms with van der Waals surface area (Å²) in [7, 11) is -2.28. The average Bonchev–Trinajstić information content (AvgIpc) is 2.93. The Balaban J connectivity index is 2.24. The first-order chi connectivity index (χ1) is 11.6. The number of halogens is 1. The summed E-state index contributed by atoms with van der Waals surface area (Å²) < 4.78 is 34.9. The van der Waals surface area contributed by atoms with E-state index in [1.54, 1.807) is 26.0 Å². The number of carbonyl (C=O) groups excluding carboxylic acids is 1. The standard InChI is InChI=1S/C15H18ClN3O5S/c1-9-5-12(13(23-3)7-11(9)16)17-15(20)8-19(25(4,21)22)14-6-10(2)24-18-14/h5-7H,8H2,1-4H3,(H,17,20). The van der Waals surface area contributed by atoms with Crippen molar-refractivity contribution in [3.8, 4) is 5.75 Å². The molecule has 0 spiro atoms. The van der Waals surface area contributed by atoms with E-state index in [1.807, 2.05) is 0 Å². The first-order valence-electron chi connectivity index (χ1n) is 7.17. The molecule has 1 aromatic carbocycles. The molecular weight excluding hydrogens is 370 g/mol. The summed E-state index contributed by atoms with van der Waals surface area (Å²) in [6.07, 6.45) is 0.983. The highest BCUT2D eigenvalue weighted by molar-refractivity contribution is 7.92. The lowest BCUT2D eigenvalue weighted by Crippen LogP contribution is -2.37. The minimum atomic E-state index is -3.72. The molecule has 0 fully saturated rings. The molecule has 1 heterocycles. The lowest BCUT2D eigenvalue weighted by atomic mass is 10.2. The number of hydrogen-bond donors (Lipinski definition) is 1. The Morgan fingerprint density at radius 3 is 2.56 bits per heavy atom. The van der Waals surface area contributed by atoms with E-state index < -0.39 is 22.5 Å². The van der Waals surface area contributed by atoms with Gasteiger partial charge >= 0.3 is 0 Å². The lowest BCUT2D eigenvalue weighted by Gasteiger charge is -2.19. The molecule has 0 aliphatic carbocycles. The van der Waals surface area contributed by atoms with Crippen molar-refractivity contribution < 1.29 is 22.5 Å². The summed E-state index contributed by atoms with van der Waals surface area (Å²) >= 11 is 6.03. The van der Waals surface area contributed by atoms with Crippen molar-refractivity contribution in [1.29, 1.82) is 0 Å². The summed E-state index contributed by atoms with van der Waals surface area (Å²) in [5.41, 5.74) is 1.13. The van der Waals surface area contributed by atoms with Crippen molar-refractivity contribution in [2.75, 3.05) is 29.5 Å². The second-order valence-electron chi connectivity index (χ2n) is 5.42. The van der Waals surface area contributed by atoms with Gasteiger partial charge in [-0.1, -0.05) is 16.8 Å². The van der Waals surface area contributed by atoms with Gasteiger partial charge in [0.05, 0.1) is 19.1 Å². The molecule has 0 aliphatic heterocycles. The van der Waals surface area contributed by atoms with Gasteiger partial charge in [0.1, 0.15) is 18.1 Å². The summed E-state index contributed by atoms with van der Waals surface area (Å²) in [5, 5.41) is 6.76. The largest absolute Gasteiger partial charge is 0.495 e. The molecular formula is C15H18ClN3O5S. The third kappa shape index (κ3) is 4.64. The van der Waals surface area contributed by atoms with E-state index in [0.29, 0.717) is 22.2 Å². The molecule has 0 radical (unpaired) electrons. The summed E-state index contributed by atoms with van der Waals surface area (Å²) in [6, 6.07) is 4.65. The fourth-order valence-electron chi connectivity index (χ4n) is 2.09. The number of sulfonamides is 1. The van der Waals surface area contributed by atoms with Crippen molar-refractivity contribution in [3.05, 3.63) is 34.5 Å². The van der Waals surface area contributed by atoms with Gasteiger partial charge in [0.15, 0.2) is 5.82 Å². The minimum absolute atomic E-state index is 0.0365. The van der Waals surface area contributed by atoms with Crippen molar-refractivity contribution in [1.82, 2.24) is 5.16 Å². The van der Waals surface area contributed by atoms with E-state index in [-0.39, 0.29) is 5.82 Å². The topological polar surface area (TPSA) is 102 Å². The molecule has 8 nitrogen and oxygen atoms in total. The predicted octanol–water partition coefficient (Wildman–Crippen LogP) is 2.36. The van der Waals surface area contributed by atoms with Crippen molar-refractivity contribution >= 4 is 39.0 Å². The number of hydrogen-bond acceptors (Lipinski definition) is 6. The van der Waals surface area contributed by atoms with Gasteiger partial charge in [0.25, 0.3) is 0 Å². The Labute approximate surface area is 150 Å². The molecule has 1 amide bonds. The van der Waals surface area contributed by atoms with Crippen molar-refractivity contribution in [2.24, 2.45) is 0 Å². The average molecular weight is 388 g/mol. The monoisotopic (exact) mass is 387 g/mol. The highest BCUT2D eigenvalue weighted by Crippen LogP contribution is 2.31. The number of carbonyl (C=O) groups is 1. The molecule has 2 rings (SSSR count). The zero-order valence-corrected chi connectivity index (χ0v) is 15.7. The fraction of sp³-hybridized carbons (Fsp3) is 0.333. The number of aromatic nitrogens is 1. The smallest absolute Gasteiger partial charge is 0.245 e. The van der Waals surface area contributed by atoms with E-state index >= 15 is 0 Å². The summed E-state index contributed by atoms with van der Waals surface area (Å²) in [6.45, 7) is 2.94. The van der Waals surface area contributed by atoms with E-state index in [0.717, 1.165) is 16.1 Å². The Bertz CT molecular complexity index is 895. The van der Waals surface area contributed by atoms with Crippen LogP contribution in [-0.2, 0) is 14.8 Å². The number of ether oxygens (including phenoxy) is 1. The third-order valence-electron chi connectivity index (χ3n) is 3.31. The van der Waals surface area contributed by atoms with Gasteiger partial charge in [0.2, 0.25) is 15.9 Å². The zero-order chi connectivity index (χ0) is 18.8. The molecule has 1 N–H and O–H groups in total. The van der Waals surface area contributed by atoms with Crippen LogP contribution in [0.1, 0.15) is 11.3 Å². The minimum Gasteiger partial charge on any atom is -0.495 e. The van der Waals surface area contributed by atoms with Crippen LogP contribution in [0.25, 0.3) is 0 Å². The summed E-state index contributed by atoms with van der Waals surface area (Å²) in [5.74, 6) is 0.270. The van der Waals surface area contributed by atoms with Crippen LogP contribution in [0.4, 0.5) is 11.5 Å². The quantitative estimate of drug-likeness (QED) is 0.816. The molecule has 136 valence electrons. The van der Waals surface area contributed by atoms with Gasteiger partial charge in [0, 0.05) is 17.2 Å². The van der Waals surface area contributed by atoms with Crippen LogP contribution in [0.5, 0.6) is 5.75 Å². The molecule has 25 heavy (non-hydrogen) atoms. The maximum Gasteiger partial charge on any atom is 0.245 e. The maximum atomic E-state index is 12.3. The number of rotatable bonds is 6. The van der Waals surface area contributed by atoms with Gasteiger partial charge in [-0.25, -0.2) is 12.7 Å². The maximum absolute atomic E-state index is 12.3. The fourth-order valence-corrected chi connectivity index (χ4v) is 3.02. The number of amides is 1. The van der Waals surface area contributed by atoms with Crippen molar-refractivity contribution in [3.63, 3.8) is 0 Å². The molecule has 2 aromatic rings.